The van der Waals surface area contributed by atoms with Gasteiger partial charge in [-0.25, -0.2) is 0 Å². The van der Waals surface area contributed by atoms with Crippen molar-refractivity contribution in [1.29, 1.82) is 0 Å². The summed E-state index contributed by atoms with van der Waals surface area (Å²) < 4.78 is 0. The van der Waals surface area contributed by atoms with Crippen LogP contribution in [0.5, 0.6) is 0 Å². The number of primary amides is 1. The van der Waals surface area contributed by atoms with Gasteiger partial charge >= 0.3 is 5.97 Å². The van der Waals surface area contributed by atoms with Gasteiger partial charge in [-0.15, -0.1) is 0 Å². The Hall–Kier alpha value is -1.14. The molecule has 0 atom stereocenters. The summed E-state index contributed by atoms with van der Waals surface area (Å²) in [4.78, 5) is 23.0. The van der Waals surface area contributed by atoms with Crippen LogP contribution in [0, 0.1) is 5.92 Å². The molecule has 0 aromatic carbocycles. The molecule has 82 valence electrons. The van der Waals surface area contributed by atoms with Gasteiger partial charge in [-0.2, -0.15) is 0 Å². The Morgan fingerprint density at radius 1 is 1.36 bits per heavy atom. The second-order valence-corrected chi connectivity index (χ2v) is 3.35. The van der Waals surface area contributed by atoms with Crippen molar-refractivity contribution in [2.45, 2.75) is 12.8 Å². The minimum Gasteiger partial charge on any atom is -0.481 e. The molecule has 5 N–H and O–H groups in total. The Labute approximate surface area is 82.0 Å². The van der Waals surface area contributed by atoms with Crippen LogP contribution in [0.1, 0.15) is 12.8 Å². The van der Waals surface area contributed by atoms with Crippen LogP contribution in [0.2, 0.25) is 0 Å². The third kappa shape index (κ3) is 3.71. The van der Waals surface area contributed by atoms with Crippen LogP contribution in [0.25, 0.3) is 0 Å². The standard InChI is InChI=1S/C8H14N2O3.H2O/c9-7(11)5-10-3-1-6(2-4-10)8(12)13;/h6H,1-5H2,(H2,9,11)(H,12,13);1H2. The SMILES string of the molecule is NC(=O)CN1CCC(C(=O)O)CC1.O. The molecular weight excluding hydrogens is 188 g/mol. The largest absolute Gasteiger partial charge is 0.481 e. The lowest BCUT2D eigenvalue weighted by Crippen LogP contribution is -2.41. The van der Waals surface area contributed by atoms with Crippen molar-refractivity contribution in [2.24, 2.45) is 11.7 Å². The van der Waals surface area contributed by atoms with Gasteiger partial charge in [0.05, 0.1) is 12.5 Å². The molecule has 6 heteroatoms. The Morgan fingerprint density at radius 2 is 1.86 bits per heavy atom. The molecule has 1 amide bonds. The molecular formula is C8H16N2O4. The number of amides is 1. The molecule has 0 radical (unpaired) electrons. The van der Waals surface area contributed by atoms with Gasteiger partial charge in [-0.3, -0.25) is 14.5 Å². The summed E-state index contributed by atoms with van der Waals surface area (Å²) >= 11 is 0. The highest BCUT2D eigenvalue weighted by atomic mass is 16.4. The maximum absolute atomic E-state index is 10.6. The quantitative estimate of drug-likeness (QED) is 0.578. The van der Waals surface area contributed by atoms with Gasteiger partial charge in [-0.1, -0.05) is 0 Å². The zero-order valence-corrected chi connectivity index (χ0v) is 7.90. The van der Waals surface area contributed by atoms with Gasteiger partial charge in [-0.05, 0) is 25.9 Å². The van der Waals surface area contributed by atoms with Crippen molar-refractivity contribution < 1.29 is 20.2 Å². The zero-order chi connectivity index (χ0) is 9.84. The first kappa shape index (κ1) is 12.9. The molecule has 1 saturated heterocycles. The Kier molecular flexibility index (Phi) is 5.11. The molecule has 0 aromatic heterocycles. The topological polar surface area (TPSA) is 115 Å². The van der Waals surface area contributed by atoms with E-state index in [0.717, 1.165) is 0 Å². The van der Waals surface area contributed by atoms with E-state index in [2.05, 4.69) is 0 Å². The summed E-state index contributed by atoms with van der Waals surface area (Å²) in [6, 6.07) is 0. The molecule has 1 heterocycles. The Bertz CT molecular complexity index is 211. The van der Waals surface area contributed by atoms with E-state index in [-0.39, 0.29) is 23.8 Å². The average molecular weight is 204 g/mol. The maximum atomic E-state index is 10.6. The number of nitrogens with zero attached hydrogens (tertiary/aromatic N) is 1. The van der Waals surface area contributed by atoms with Gasteiger partial charge in [0, 0.05) is 0 Å². The average Bonchev–Trinajstić information content (AvgIpc) is 2.04. The Morgan fingerprint density at radius 3 is 2.21 bits per heavy atom. The first-order chi connectivity index (χ1) is 6.09. The molecule has 1 aliphatic rings. The minimum atomic E-state index is -0.737. The molecule has 0 spiro atoms. The lowest BCUT2D eigenvalue weighted by molar-refractivity contribution is -0.143. The number of hydrogen-bond donors (Lipinski definition) is 2. The predicted octanol–water partition coefficient (Wildman–Crippen LogP) is -1.56. The first-order valence-corrected chi connectivity index (χ1v) is 4.33. The van der Waals surface area contributed by atoms with Crippen LogP contribution in [0.4, 0.5) is 0 Å². The molecule has 6 nitrogen and oxygen atoms in total. The molecule has 1 rings (SSSR count). The van der Waals surface area contributed by atoms with Gasteiger partial charge in [0.15, 0.2) is 0 Å². The fourth-order valence-electron chi connectivity index (χ4n) is 1.56. The van der Waals surface area contributed by atoms with E-state index >= 15 is 0 Å². The van der Waals surface area contributed by atoms with Crippen molar-refractivity contribution in [2.75, 3.05) is 19.6 Å². The van der Waals surface area contributed by atoms with Gasteiger partial charge in [0.1, 0.15) is 0 Å². The van der Waals surface area contributed by atoms with E-state index in [1.807, 2.05) is 4.90 Å². The lowest BCUT2D eigenvalue weighted by Gasteiger charge is -2.28. The van der Waals surface area contributed by atoms with Gasteiger partial charge in [0.2, 0.25) is 5.91 Å². The third-order valence-electron chi connectivity index (χ3n) is 2.32. The van der Waals surface area contributed by atoms with E-state index in [0.29, 0.717) is 25.9 Å². The second-order valence-electron chi connectivity index (χ2n) is 3.35. The third-order valence-corrected chi connectivity index (χ3v) is 2.32. The number of carboxylic acid groups (broad SMARTS) is 1. The highest BCUT2D eigenvalue weighted by Crippen LogP contribution is 2.16. The van der Waals surface area contributed by atoms with Crippen LogP contribution in [-0.2, 0) is 9.59 Å². The summed E-state index contributed by atoms with van der Waals surface area (Å²) in [5.74, 6) is -1.34. The summed E-state index contributed by atoms with van der Waals surface area (Å²) in [6.45, 7) is 1.55. The molecule has 14 heavy (non-hydrogen) atoms. The van der Waals surface area contributed by atoms with E-state index in [1.165, 1.54) is 0 Å². The van der Waals surface area contributed by atoms with Crippen LogP contribution in [0.3, 0.4) is 0 Å². The summed E-state index contributed by atoms with van der Waals surface area (Å²) in [7, 11) is 0. The molecule has 0 unspecified atom stereocenters. The predicted molar refractivity (Wildman–Crippen MR) is 49.6 cm³/mol. The maximum Gasteiger partial charge on any atom is 0.306 e. The minimum absolute atomic E-state index is 0. The fraction of sp³-hybridized carbons (Fsp3) is 0.750. The molecule has 0 saturated carbocycles. The summed E-state index contributed by atoms with van der Waals surface area (Å²) in [6.07, 6.45) is 1.23. The highest BCUT2D eigenvalue weighted by molar-refractivity contribution is 5.76. The normalized spacial score (nSPS) is 18.6. The van der Waals surface area contributed by atoms with E-state index < -0.39 is 5.97 Å². The summed E-state index contributed by atoms with van der Waals surface area (Å²) in [5.41, 5.74) is 5.02. The number of aliphatic carboxylic acids is 1. The molecule has 1 fully saturated rings. The van der Waals surface area contributed by atoms with Crippen LogP contribution in [-0.4, -0.2) is 47.0 Å². The van der Waals surface area contributed by atoms with Crippen molar-refractivity contribution in [3.8, 4) is 0 Å². The monoisotopic (exact) mass is 204 g/mol. The number of carboxylic acids is 1. The fourth-order valence-corrected chi connectivity index (χ4v) is 1.56. The molecule has 0 aliphatic carbocycles. The van der Waals surface area contributed by atoms with Crippen LogP contribution in [0.15, 0.2) is 0 Å². The van der Waals surface area contributed by atoms with Crippen molar-refractivity contribution in [3.05, 3.63) is 0 Å². The van der Waals surface area contributed by atoms with E-state index in [9.17, 15) is 9.59 Å². The molecule has 1 aliphatic heterocycles. The van der Waals surface area contributed by atoms with Crippen molar-refractivity contribution in [3.63, 3.8) is 0 Å². The number of piperidine rings is 1. The number of carbonyl (C=O) groups is 2. The second kappa shape index (κ2) is 5.56. The Balaban J connectivity index is 0.00000169. The lowest BCUT2D eigenvalue weighted by atomic mass is 9.97. The van der Waals surface area contributed by atoms with E-state index in [1.54, 1.807) is 0 Å². The zero-order valence-electron chi connectivity index (χ0n) is 7.90. The highest BCUT2D eigenvalue weighted by Gasteiger charge is 2.24. The van der Waals surface area contributed by atoms with Crippen molar-refractivity contribution >= 4 is 11.9 Å². The van der Waals surface area contributed by atoms with Gasteiger partial charge < -0.3 is 16.3 Å². The van der Waals surface area contributed by atoms with Gasteiger partial charge in [0.25, 0.3) is 0 Å². The molecule has 0 bridgehead atoms. The summed E-state index contributed by atoms with van der Waals surface area (Å²) in [5, 5.41) is 8.70. The number of nitrogens with two attached hydrogens (primary N) is 1. The smallest absolute Gasteiger partial charge is 0.306 e. The van der Waals surface area contributed by atoms with Crippen molar-refractivity contribution in [1.82, 2.24) is 4.90 Å². The number of likely N-dealkylation sites (tertiary alicyclic amines) is 1. The first-order valence-electron chi connectivity index (χ1n) is 4.33. The number of carbonyl (C=O) groups excluding carboxylic acids is 1. The number of hydrogen-bond acceptors (Lipinski definition) is 3. The number of rotatable bonds is 3. The molecule has 0 aromatic rings. The van der Waals surface area contributed by atoms with E-state index in [4.69, 9.17) is 10.8 Å². The van der Waals surface area contributed by atoms with Crippen LogP contribution >= 0.6 is 0 Å². The van der Waals surface area contributed by atoms with Crippen LogP contribution < -0.4 is 5.73 Å².